The third kappa shape index (κ3) is 3.63. The molecule has 4 rings (SSSR count). The van der Waals surface area contributed by atoms with Crippen LogP contribution in [-0.4, -0.2) is 30.9 Å². The molecule has 0 saturated heterocycles. The molecule has 0 aliphatic heterocycles. The lowest BCUT2D eigenvalue weighted by Gasteiger charge is -2.53. The number of rotatable bonds is 5. The minimum atomic E-state index is -0.791. The number of ketones is 1. The van der Waals surface area contributed by atoms with E-state index in [1.807, 2.05) is 6.92 Å². The van der Waals surface area contributed by atoms with Gasteiger partial charge in [-0.25, -0.2) is 0 Å². The van der Waals surface area contributed by atoms with Crippen LogP contribution in [-0.2, 0) is 14.9 Å². The number of esters is 1. The van der Waals surface area contributed by atoms with Gasteiger partial charge in [-0.05, 0) is 67.0 Å². The molecule has 2 aromatic carbocycles. The molecule has 1 saturated carbocycles. The molecular formula is C25H28N2O6. The number of nitro benzene ring substituents is 1. The fourth-order valence-electron chi connectivity index (χ4n) is 5.79. The van der Waals surface area contributed by atoms with Gasteiger partial charge in [-0.3, -0.25) is 19.7 Å². The molecule has 1 fully saturated rings. The van der Waals surface area contributed by atoms with Crippen molar-refractivity contribution < 1.29 is 24.0 Å². The topological polar surface area (TPSA) is 108 Å². The van der Waals surface area contributed by atoms with Crippen molar-refractivity contribution in [2.75, 3.05) is 19.5 Å². The van der Waals surface area contributed by atoms with Crippen LogP contribution in [0.5, 0.6) is 5.75 Å². The molecule has 0 unspecified atom stereocenters. The number of ether oxygens (including phenoxy) is 2. The molecule has 0 spiro atoms. The molecule has 2 aromatic rings. The summed E-state index contributed by atoms with van der Waals surface area (Å²) in [6.45, 7) is 3.94. The van der Waals surface area contributed by atoms with Crippen molar-refractivity contribution in [1.29, 1.82) is 0 Å². The summed E-state index contributed by atoms with van der Waals surface area (Å²) >= 11 is 0. The van der Waals surface area contributed by atoms with Crippen LogP contribution in [0, 0.1) is 21.4 Å². The Labute approximate surface area is 192 Å². The molecular weight excluding hydrogens is 424 g/mol. The van der Waals surface area contributed by atoms with Crippen LogP contribution in [0.1, 0.15) is 55.5 Å². The van der Waals surface area contributed by atoms with Crippen LogP contribution >= 0.6 is 0 Å². The Hall–Kier alpha value is -3.42. The van der Waals surface area contributed by atoms with Gasteiger partial charge in [0.2, 0.25) is 0 Å². The van der Waals surface area contributed by atoms with Crippen molar-refractivity contribution in [3.05, 3.63) is 57.6 Å². The zero-order chi connectivity index (χ0) is 24.0. The maximum Gasteiger partial charge on any atom is 0.311 e. The van der Waals surface area contributed by atoms with E-state index >= 15 is 0 Å². The number of carbonyl (C=O) groups is 2. The van der Waals surface area contributed by atoms with Gasteiger partial charge in [0.1, 0.15) is 11.4 Å². The molecule has 0 amide bonds. The van der Waals surface area contributed by atoms with Crippen LogP contribution in [0.25, 0.3) is 0 Å². The SMILES string of the molecule is COC(=O)[C@]1(C)CCC[C@]2(C)c3cc(Nc4ccc(OC)cc4)c([N+](=O)[O-])cc3C(=O)C[C@@H]12. The highest BCUT2D eigenvalue weighted by molar-refractivity contribution is 6.02. The number of anilines is 2. The number of fused-ring (bicyclic) bond motifs is 3. The standard InChI is InChI=1S/C25H28N2O6/c1-24-10-5-11-25(2,23(29)33-4)22(24)14-21(28)17-12-20(27(30)31)19(13-18(17)24)26-15-6-8-16(32-3)9-7-15/h6-9,12-13,22,26H,5,10-11,14H2,1-4H3/t22-,24-,25-/m1/s1. The number of methoxy groups -OCH3 is 2. The summed E-state index contributed by atoms with van der Waals surface area (Å²) in [4.78, 5) is 37.3. The second-order valence-corrected chi connectivity index (χ2v) is 9.39. The average molecular weight is 453 g/mol. The number of nitrogens with one attached hydrogen (secondary N) is 1. The van der Waals surface area contributed by atoms with Gasteiger partial charge in [-0.1, -0.05) is 13.3 Å². The van der Waals surface area contributed by atoms with Crippen LogP contribution in [0.3, 0.4) is 0 Å². The van der Waals surface area contributed by atoms with Crippen LogP contribution < -0.4 is 10.1 Å². The summed E-state index contributed by atoms with van der Waals surface area (Å²) in [6.07, 6.45) is 2.39. The zero-order valence-corrected chi connectivity index (χ0v) is 19.3. The predicted molar refractivity (Wildman–Crippen MR) is 123 cm³/mol. The lowest BCUT2D eigenvalue weighted by Crippen LogP contribution is -2.53. The first-order chi connectivity index (χ1) is 15.6. The average Bonchev–Trinajstić information content (AvgIpc) is 2.80. The molecule has 3 atom stereocenters. The van der Waals surface area contributed by atoms with Crippen molar-refractivity contribution in [1.82, 2.24) is 0 Å². The van der Waals surface area contributed by atoms with Crippen molar-refractivity contribution in [2.24, 2.45) is 11.3 Å². The van der Waals surface area contributed by atoms with Crippen molar-refractivity contribution in [3.8, 4) is 5.75 Å². The molecule has 2 aliphatic rings. The molecule has 0 bridgehead atoms. The Balaban J connectivity index is 1.84. The van der Waals surface area contributed by atoms with Gasteiger partial charge in [0.25, 0.3) is 5.69 Å². The van der Waals surface area contributed by atoms with Crippen LogP contribution in [0.4, 0.5) is 17.1 Å². The van der Waals surface area contributed by atoms with Crippen LogP contribution in [0.15, 0.2) is 36.4 Å². The molecule has 174 valence electrons. The van der Waals surface area contributed by atoms with Gasteiger partial charge in [-0.2, -0.15) is 0 Å². The summed E-state index contributed by atoms with van der Waals surface area (Å²) < 4.78 is 10.3. The maximum atomic E-state index is 13.2. The van der Waals surface area contributed by atoms with Gasteiger partial charge < -0.3 is 14.8 Å². The Bertz CT molecular complexity index is 1130. The smallest absolute Gasteiger partial charge is 0.311 e. The highest BCUT2D eigenvalue weighted by Crippen LogP contribution is 2.58. The lowest BCUT2D eigenvalue weighted by atomic mass is 9.49. The minimum absolute atomic E-state index is 0.161. The second kappa shape index (κ2) is 8.17. The van der Waals surface area contributed by atoms with Crippen molar-refractivity contribution in [2.45, 2.75) is 44.9 Å². The van der Waals surface area contributed by atoms with E-state index in [9.17, 15) is 19.7 Å². The number of nitro groups is 1. The first-order valence-corrected chi connectivity index (χ1v) is 11.0. The minimum Gasteiger partial charge on any atom is -0.497 e. The highest BCUT2D eigenvalue weighted by Gasteiger charge is 2.57. The third-order valence-electron chi connectivity index (χ3n) is 7.59. The number of hydrogen-bond acceptors (Lipinski definition) is 7. The quantitative estimate of drug-likeness (QED) is 0.379. The van der Waals surface area contributed by atoms with E-state index in [1.165, 1.54) is 13.2 Å². The Kier molecular flexibility index (Phi) is 5.64. The number of carbonyl (C=O) groups excluding carboxylic acids is 2. The molecule has 8 nitrogen and oxygen atoms in total. The maximum absolute atomic E-state index is 13.2. The van der Waals surface area contributed by atoms with Crippen molar-refractivity contribution in [3.63, 3.8) is 0 Å². The largest absolute Gasteiger partial charge is 0.497 e. The summed E-state index contributed by atoms with van der Waals surface area (Å²) in [7, 11) is 2.94. The van der Waals surface area contributed by atoms with E-state index in [-0.39, 0.29) is 29.8 Å². The normalized spacial score (nSPS) is 26.1. The molecule has 0 radical (unpaired) electrons. The fourth-order valence-corrected chi connectivity index (χ4v) is 5.79. The van der Waals surface area contributed by atoms with E-state index in [0.717, 1.165) is 18.4 Å². The van der Waals surface area contributed by atoms with Gasteiger partial charge >= 0.3 is 5.97 Å². The van der Waals surface area contributed by atoms with Gasteiger partial charge in [0, 0.05) is 23.7 Å². The number of hydrogen-bond donors (Lipinski definition) is 1. The molecule has 33 heavy (non-hydrogen) atoms. The monoisotopic (exact) mass is 452 g/mol. The Morgan fingerprint density at radius 1 is 1.15 bits per heavy atom. The molecule has 0 heterocycles. The van der Waals surface area contributed by atoms with Gasteiger partial charge in [0.05, 0.1) is 24.6 Å². The van der Waals surface area contributed by atoms with Crippen LogP contribution in [0.2, 0.25) is 0 Å². The van der Waals surface area contributed by atoms with E-state index in [0.29, 0.717) is 29.1 Å². The Morgan fingerprint density at radius 3 is 2.45 bits per heavy atom. The molecule has 1 N–H and O–H groups in total. The van der Waals surface area contributed by atoms with E-state index in [2.05, 4.69) is 12.2 Å². The zero-order valence-electron chi connectivity index (χ0n) is 19.3. The Morgan fingerprint density at radius 2 is 1.85 bits per heavy atom. The van der Waals surface area contributed by atoms with E-state index < -0.39 is 15.8 Å². The first-order valence-electron chi connectivity index (χ1n) is 11.0. The summed E-state index contributed by atoms with van der Waals surface area (Å²) in [5.41, 5.74) is 0.646. The summed E-state index contributed by atoms with van der Waals surface area (Å²) in [5, 5.41) is 15.0. The lowest BCUT2D eigenvalue weighted by molar-refractivity contribution is -0.384. The van der Waals surface area contributed by atoms with E-state index in [1.54, 1.807) is 37.4 Å². The molecule has 0 aromatic heterocycles. The first kappa shape index (κ1) is 22.8. The predicted octanol–water partition coefficient (Wildman–Crippen LogP) is 5.17. The fraction of sp³-hybridized carbons (Fsp3) is 0.440. The summed E-state index contributed by atoms with van der Waals surface area (Å²) in [5.74, 6) is -0.0657. The molecule has 8 heteroatoms. The van der Waals surface area contributed by atoms with Crippen molar-refractivity contribution >= 4 is 28.8 Å². The third-order valence-corrected chi connectivity index (χ3v) is 7.59. The number of benzene rings is 2. The number of nitrogens with zero attached hydrogens (tertiary/aromatic N) is 1. The number of Topliss-reactive ketones (excluding diaryl/α,β-unsaturated/α-hetero) is 1. The summed E-state index contributed by atoms with van der Waals surface area (Å²) in [6, 6.07) is 10.2. The van der Waals surface area contributed by atoms with Gasteiger partial charge in [0.15, 0.2) is 5.78 Å². The van der Waals surface area contributed by atoms with Gasteiger partial charge in [-0.15, -0.1) is 0 Å². The molecule has 2 aliphatic carbocycles. The second-order valence-electron chi connectivity index (χ2n) is 9.39. The van der Waals surface area contributed by atoms with E-state index in [4.69, 9.17) is 9.47 Å². The highest BCUT2D eigenvalue weighted by atomic mass is 16.6.